The van der Waals surface area contributed by atoms with Crippen LogP contribution in [0.1, 0.15) is 19.3 Å². The molecule has 0 amide bonds. The SMILES string of the molecule is CS(=O)(=O)NCCCCC(F)(F)F. The Balaban J connectivity index is 3.39. The molecule has 0 radical (unpaired) electrons. The second-order valence-corrected chi connectivity index (χ2v) is 4.57. The average molecular weight is 219 g/mol. The molecule has 0 atom stereocenters. The van der Waals surface area contributed by atoms with Crippen molar-refractivity contribution in [1.29, 1.82) is 0 Å². The Morgan fingerprint density at radius 2 is 1.77 bits per heavy atom. The van der Waals surface area contributed by atoms with E-state index in [9.17, 15) is 21.6 Å². The molecular formula is C6H12F3NO2S. The van der Waals surface area contributed by atoms with Crippen molar-refractivity contribution >= 4 is 10.0 Å². The molecule has 0 aliphatic rings. The van der Waals surface area contributed by atoms with E-state index in [0.29, 0.717) is 0 Å². The molecule has 0 aromatic rings. The van der Waals surface area contributed by atoms with E-state index in [1.807, 2.05) is 0 Å². The lowest BCUT2D eigenvalue weighted by molar-refractivity contribution is -0.135. The molecule has 1 N–H and O–H groups in total. The summed E-state index contributed by atoms with van der Waals surface area (Å²) in [7, 11) is -3.27. The number of hydrogen-bond acceptors (Lipinski definition) is 2. The normalized spacial score (nSPS) is 13.2. The van der Waals surface area contributed by atoms with Crippen LogP contribution in [-0.4, -0.2) is 27.4 Å². The van der Waals surface area contributed by atoms with E-state index in [-0.39, 0.29) is 19.4 Å². The Morgan fingerprint density at radius 1 is 1.23 bits per heavy atom. The standard InChI is InChI=1S/C6H12F3NO2S/c1-13(11,12)10-5-3-2-4-6(7,8)9/h10H,2-5H2,1H3. The first-order valence-corrected chi connectivity index (χ1v) is 5.61. The van der Waals surface area contributed by atoms with Crippen LogP contribution in [0.3, 0.4) is 0 Å². The summed E-state index contributed by atoms with van der Waals surface area (Å²) < 4.78 is 57.8. The van der Waals surface area contributed by atoms with Crippen molar-refractivity contribution in [3.63, 3.8) is 0 Å². The van der Waals surface area contributed by atoms with Gasteiger partial charge in [-0.25, -0.2) is 13.1 Å². The van der Waals surface area contributed by atoms with Gasteiger partial charge in [-0.2, -0.15) is 13.2 Å². The highest BCUT2D eigenvalue weighted by Crippen LogP contribution is 2.21. The maximum absolute atomic E-state index is 11.6. The van der Waals surface area contributed by atoms with Gasteiger partial charge in [0.1, 0.15) is 0 Å². The van der Waals surface area contributed by atoms with Crippen LogP contribution in [0.5, 0.6) is 0 Å². The van der Waals surface area contributed by atoms with Crippen molar-refractivity contribution in [3.8, 4) is 0 Å². The molecule has 7 heteroatoms. The van der Waals surface area contributed by atoms with Crippen LogP contribution in [0.4, 0.5) is 13.2 Å². The molecule has 0 aliphatic carbocycles. The largest absolute Gasteiger partial charge is 0.389 e. The zero-order valence-electron chi connectivity index (χ0n) is 7.19. The van der Waals surface area contributed by atoms with Crippen LogP contribution in [0.15, 0.2) is 0 Å². The van der Waals surface area contributed by atoms with Gasteiger partial charge in [-0.15, -0.1) is 0 Å². The molecule has 3 nitrogen and oxygen atoms in total. The third-order valence-electron chi connectivity index (χ3n) is 1.25. The van der Waals surface area contributed by atoms with Crippen LogP contribution in [0.2, 0.25) is 0 Å². The second-order valence-electron chi connectivity index (χ2n) is 2.74. The summed E-state index contributed by atoms with van der Waals surface area (Å²) in [5, 5.41) is 0. The predicted octanol–water partition coefficient (Wildman–Crippen LogP) is 1.27. The fourth-order valence-electron chi connectivity index (χ4n) is 0.708. The Morgan fingerprint density at radius 3 is 2.15 bits per heavy atom. The first-order valence-electron chi connectivity index (χ1n) is 3.72. The molecule has 0 unspecified atom stereocenters. The molecule has 0 heterocycles. The van der Waals surface area contributed by atoms with Crippen molar-refractivity contribution in [2.75, 3.05) is 12.8 Å². The number of nitrogens with one attached hydrogen (secondary N) is 1. The molecule has 0 saturated heterocycles. The zero-order chi connectivity index (χ0) is 10.5. The molecule has 0 spiro atoms. The lowest BCUT2D eigenvalue weighted by atomic mass is 10.2. The van der Waals surface area contributed by atoms with Gasteiger partial charge in [-0.1, -0.05) is 0 Å². The van der Waals surface area contributed by atoms with E-state index in [4.69, 9.17) is 0 Å². The maximum Gasteiger partial charge on any atom is 0.389 e. The summed E-state index contributed by atoms with van der Waals surface area (Å²) in [5.41, 5.74) is 0. The van der Waals surface area contributed by atoms with Gasteiger partial charge in [-0.3, -0.25) is 0 Å². The smallest absolute Gasteiger partial charge is 0.215 e. The second kappa shape index (κ2) is 4.80. The zero-order valence-corrected chi connectivity index (χ0v) is 8.00. The summed E-state index contributed by atoms with van der Waals surface area (Å²) in [4.78, 5) is 0. The van der Waals surface area contributed by atoms with Gasteiger partial charge >= 0.3 is 6.18 Å². The molecule has 13 heavy (non-hydrogen) atoms. The number of rotatable bonds is 5. The monoisotopic (exact) mass is 219 g/mol. The van der Waals surface area contributed by atoms with Gasteiger partial charge in [-0.05, 0) is 12.8 Å². The topological polar surface area (TPSA) is 46.2 Å². The minimum Gasteiger partial charge on any atom is -0.215 e. The molecule has 0 fully saturated rings. The highest BCUT2D eigenvalue weighted by molar-refractivity contribution is 7.88. The first kappa shape index (κ1) is 12.7. The molecule has 0 aromatic heterocycles. The lowest BCUT2D eigenvalue weighted by Gasteiger charge is -2.05. The Bertz CT molecular complexity index is 235. The fraction of sp³-hybridized carbons (Fsp3) is 1.00. The van der Waals surface area contributed by atoms with Gasteiger partial charge in [0, 0.05) is 13.0 Å². The van der Waals surface area contributed by atoms with Gasteiger partial charge in [0.25, 0.3) is 0 Å². The van der Waals surface area contributed by atoms with Crippen molar-refractivity contribution in [3.05, 3.63) is 0 Å². The van der Waals surface area contributed by atoms with Crippen LogP contribution >= 0.6 is 0 Å². The predicted molar refractivity (Wildman–Crippen MR) is 42.8 cm³/mol. The van der Waals surface area contributed by atoms with Gasteiger partial charge in [0.05, 0.1) is 6.26 Å². The Labute approximate surface area is 75.4 Å². The first-order chi connectivity index (χ1) is 5.71. The molecular weight excluding hydrogens is 207 g/mol. The quantitative estimate of drug-likeness (QED) is 0.708. The highest BCUT2D eigenvalue weighted by Gasteiger charge is 2.25. The van der Waals surface area contributed by atoms with Crippen LogP contribution in [0.25, 0.3) is 0 Å². The van der Waals surface area contributed by atoms with E-state index in [2.05, 4.69) is 4.72 Å². The van der Waals surface area contributed by atoms with E-state index in [1.165, 1.54) is 0 Å². The molecule has 80 valence electrons. The molecule has 0 rings (SSSR count). The lowest BCUT2D eigenvalue weighted by Crippen LogP contribution is -2.23. The van der Waals surface area contributed by atoms with Gasteiger partial charge in [0.2, 0.25) is 10.0 Å². The molecule has 0 bridgehead atoms. The molecule has 0 saturated carbocycles. The summed E-state index contributed by atoms with van der Waals surface area (Å²) in [5.74, 6) is 0. The summed E-state index contributed by atoms with van der Waals surface area (Å²) in [6, 6.07) is 0. The van der Waals surface area contributed by atoms with Gasteiger partial charge < -0.3 is 0 Å². The highest BCUT2D eigenvalue weighted by atomic mass is 32.2. The number of alkyl halides is 3. The third-order valence-corrected chi connectivity index (χ3v) is 1.98. The van der Waals surface area contributed by atoms with Crippen LogP contribution in [-0.2, 0) is 10.0 Å². The molecule has 0 aliphatic heterocycles. The summed E-state index contributed by atoms with van der Waals surface area (Å²) in [6.07, 6.45) is -3.89. The minimum absolute atomic E-state index is 0.0496. The number of hydrogen-bond donors (Lipinski definition) is 1. The fourth-order valence-corrected chi connectivity index (χ4v) is 1.22. The maximum atomic E-state index is 11.6. The van der Waals surface area contributed by atoms with Crippen molar-refractivity contribution in [2.24, 2.45) is 0 Å². The minimum atomic E-state index is -4.15. The number of unbranched alkanes of at least 4 members (excludes halogenated alkanes) is 1. The van der Waals surface area contributed by atoms with E-state index in [1.54, 1.807) is 0 Å². The number of halogens is 3. The average Bonchev–Trinajstić information content (AvgIpc) is 1.81. The Kier molecular flexibility index (Phi) is 4.69. The Hall–Kier alpha value is -0.300. The summed E-state index contributed by atoms with van der Waals surface area (Å²) >= 11 is 0. The number of sulfonamides is 1. The van der Waals surface area contributed by atoms with E-state index >= 15 is 0 Å². The van der Waals surface area contributed by atoms with Crippen molar-refractivity contribution in [1.82, 2.24) is 4.72 Å². The summed E-state index contributed by atoms with van der Waals surface area (Å²) in [6.45, 7) is 0.0644. The van der Waals surface area contributed by atoms with E-state index in [0.717, 1.165) is 6.26 Å². The van der Waals surface area contributed by atoms with Crippen LogP contribution in [0, 0.1) is 0 Å². The van der Waals surface area contributed by atoms with Crippen molar-refractivity contribution < 1.29 is 21.6 Å². The van der Waals surface area contributed by atoms with Crippen molar-refractivity contribution in [2.45, 2.75) is 25.4 Å². The third kappa shape index (κ3) is 11.7. The van der Waals surface area contributed by atoms with E-state index < -0.39 is 22.6 Å². The van der Waals surface area contributed by atoms with Crippen LogP contribution < -0.4 is 4.72 Å². The van der Waals surface area contributed by atoms with Gasteiger partial charge in [0.15, 0.2) is 0 Å². The molecule has 0 aromatic carbocycles.